The molecule has 3 amide bonds. The predicted octanol–water partition coefficient (Wildman–Crippen LogP) is 4.28. The Balaban J connectivity index is 1.54. The molecule has 0 unspecified atom stereocenters. The van der Waals surface area contributed by atoms with Crippen molar-refractivity contribution in [2.75, 3.05) is 16.0 Å². The molecule has 4 rings (SSSR count). The van der Waals surface area contributed by atoms with Crippen LogP contribution >= 0.6 is 0 Å². The van der Waals surface area contributed by atoms with Gasteiger partial charge < -0.3 is 20.1 Å². The second kappa shape index (κ2) is 7.38. The number of H-pyrrole nitrogens is 1. The third-order valence-electron chi connectivity index (χ3n) is 4.80. The number of fused-ring (bicyclic) bond motifs is 1. The highest BCUT2D eigenvalue weighted by Gasteiger charge is 2.27. The largest absolute Gasteiger partial charge is 0.348 e. The monoisotopic (exact) mass is 424 g/mol. The summed E-state index contributed by atoms with van der Waals surface area (Å²) in [6, 6.07) is 3.46. The second-order valence-corrected chi connectivity index (χ2v) is 8.21. The molecule has 0 radical (unpaired) electrons. The number of imidazole rings is 1. The van der Waals surface area contributed by atoms with Crippen molar-refractivity contribution in [3.05, 3.63) is 53.0 Å². The van der Waals surface area contributed by atoms with Crippen LogP contribution in [0.5, 0.6) is 0 Å². The topological polar surface area (TPSA) is 125 Å². The zero-order valence-electron chi connectivity index (χ0n) is 17.4. The molecule has 160 valence electrons. The highest BCUT2D eigenvalue weighted by molar-refractivity contribution is 6.35. The van der Waals surface area contributed by atoms with Gasteiger partial charge in [-0.15, -0.1) is 0 Å². The summed E-state index contributed by atoms with van der Waals surface area (Å²) in [7, 11) is 0. The Morgan fingerprint density at radius 3 is 2.65 bits per heavy atom. The lowest BCUT2D eigenvalue weighted by molar-refractivity contribution is -0.110. The number of nitrogens with one attached hydrogen (secondary N) is 4. The summed E-state index contributed by atoms with van der Waals surface area (Å²) in [5.41, 5.74) is 2.76. The number of anilines is 3. The van der Waals surface area contributed by atoms with Gasteiger partial charge in [0.25, 0.3) is 5.91 Å². The zero-order valence-corrected chi connectivity index (χ0v) is 17.4. The lowest BCUT2D eigenvalue weighted by Crippen LogP contribution is -2.20. The molecule has 0 saturated heterocycles. The van der Waals surface area contributed by atoms with Crippen LogP contribution in [0.4, 0.5) is 26.4 Å². The summed E-state index contributed by atoms with van der Waals surface area (Å²) < 4.78 is 19.8. The number of hydrogen-bond donors (Lipinski definition) is 4. The molecule has 31 heavy (non-hydrogen) atoms. The van der Waals surface area contributed by atoms with Crippen LogP contribution in [0.25, 0.3) is 11.6 Å². The number of nitrogens with zero attached hydrogens (tertiary/aromatic N) is 2. The first-order valence-electron chi connectivity index (χ1n) is 9.54. The predicted molar refractivity (Wildman–Crippen MR) is 114 cm³/mol. The normalized spacial score (nSPS) is 14.5. The number of amides is 3. The van der Waals surface area contributed by atoms with Gasteiger partial charge in [-0.2, -0.15) is 0 Å². The van der Waals surface area contributed by atoms with Gasteiger partial charge in [0.1, 0.15) is 5.82 Å². The first-order valence-corrected chi connectivity index (χ1v) is 9.54. The highest BCUT2D eigenvalue weighted by atomic mass is 19.1. The van der Waals surface area contributed by atoms with E-state index in [0.717, 1.165) is 5.69 Å². The lowest BCUT2D eigenvalue weighted by atomic mass is 9.92. The van der Waals surface area contributed by atoms with E-state index < -0.39 is 11.8 Å². The van der Waals surface area contributed by atoms with Crippen LogP contribution in [0.1, 0.15) is 43.4 Å². The Kier molecular flexibility index (Phi) is 4.84. The number of halogens is 1. The van der Waals surface area contributed by atoms with Crippen LogP contribution in [-0.4, -0.2) is 27.1 Å². The van der Waals surface area contributed by atoms with Gasteiger partial charge in [-0.1, -0.05) is 25.9 Å². The second-order valence-electron chi connectivity index (χ2n) is 8.21. The number of rotatable bonds is 3. The van der Waals surface area contributed by atoms with Crippen molar-refractivity contribution in [2.45, 2.75) is 33.1 Å². The molecule has 1 aromatic carbocycles. The molecule has 9 nitrogen and oxygen atoms in total. The van der Waals surface area contributed by atoms with E-state index in [1.54, 1.807) is 12.1 Å². The Morgan fingerprint density at radius 2 is 2.00 bits per heavy atom. The molecular formula is C21H21FN6O3. The van der Waals surface area contributed by atoms with Crippen LogP contribution in [0.2, 0.25) is 0 Å². The lowest BCUT2D eigenvalue weighted by Gasteiger charge is -2.12. The maximum absolute atomic E-state index is 14.7. The van der Waals surface area contributed by atoms with E-state index in [9.17, 15) is 14.0 Å². The minimum atomic E-state index is -0.706. The van der Waals surface area contributed by atoms with Gasteiger partial charge in [0.15, 0.2) is 0 Å². The van der Waals surface area contributed by atoms with Crippen LogP contribution in [-0.2, 0) is 10.2 Å². The van der Waals surface area contributed by atoms with E-state index in [0.29, 0.717) is 22.6 Å². The summed E-state index contributed by atoms with van der Waals surface area (Å²) in [6.07, 6.45) is 3.10. The van der Waals surface area contributed by atoms with E-state index in [4.69, 9.17) is 4.52 Å². The molecule has 0 fully saturated rings. The minimum Gasteiger partial charge on any atom is -0.348 e. The molecule has 10 heteroatoms. The maximum Gasteiger partial charge on any atom is 0.326 e. The molecule has 4 N–H and O–H groups in total. The van der Waals surface area contributed by atoms with Crippen LogP contribution in [0, 0.1) is 12.7 Å². The fourth-order valence-electron chi connectivity index (χ4n) is 3.06. The minimum absolute atomic E-state index is 0.0932. The maximum atomic E-state index is 14.7. The first kappa shape index (κ1) is 20.3. The Morgan fingerprint density at radius 1 is 1.23 bits per heavy atom. The number of aromatic nitrogens is 3. The van der Waals surface area contributed by atoms with E-state index >= 15 is 0 Å². The molecule has 1 aliphatic heterocycles. The number of carbonyl (C=O) groups is 2. The van der Waals surface area contributed by atoms with Gasteiger partial charge in [0.2, 0.25) is 5.88 Å². The van der Waals surface area contributed by atoms with Gasteiger partial charge in [0, 0.05) is 22.7 Å². The van der Waals surface area contributed by atoms with E-state index in [2.05, 4.69) is 31.1 Å². The van der Waals surface area contributed by atoms with Gasteiger partial charge >= 0.3 is 6.03 Å². The average molecular weight is 424 g/mol. The van der Waals surface area contributed by atoms with E-state index in [1.807, 2.05) is 27.7 Å². The number of hydrogen-bond acceptors (Lipinski definition) is 5. The zero-order chi connectivity index (χ0) is 22.3. The van der Waals surface area contributed by atoms with Gasteiger partial charge in [-0.25, -0.2) is 14.2 Å². The van der Waals surface area contributed by atoms with Crippen molar-refractivity contribution in [2.24, 2.45) is 0 Å². The van der Waals surface area contributed by atoms with Crippen molar-refractivity contribution in [3.63, 3.8) is 0 Å². The molecule has 0 aliphatic carbocycles. The number of urea groups is 1. The summed E-state index contributed by atoms with van der Waals surface area (Å²) >= 11 is 0. The van der Waals surface area contributed by atoms with Crippen molar-refractivity contribution in [3.8, 4) is 0 Å². The Labute approximate surface area is 177 Å². The Bertz CT molecular complexity index is 1220. The molecule has 2 aromatic heterocycles. The van der Waals surface area contributed by atoms with Crippen LogP contribution in [0.15, 0.2) is 29.0 Å². The number of benzene rings is 1. The number of aryl methyl sites for hydroxylation is 1. The summed E-state index contributed by atoms with van der Waals surface area (Å²) in [4.78, 5) is 31.7. The van der Waals surface area contributed by atoms with E-state index in [1.165, 1.54) is 18.5 Å². The molecule has 0 bridgehead atoms. The summed E-state index contributed by atoms with van der Waals surface area (Å²) in [6.45, 7) is 7.69. The smallest absolute Gasteiger partial charge is 0.326 e. The van der Waals surface area contributed by atoms with Crippen molar-refractivity contribution in [1.82, 2.24) is 15.1 Å². The first-order chi connectivity index (χ1) is 14.6. The van der Waals surface area contributed by atoms with Crippen LogP contribution in [0.3, 0.4) is 0 Å². The van der Waals surface area contributed by atoms with Gasteiger partial charge in [0.05, 0.1) is 34.7 Å². The van der Waals surface area contributed by atoms with Crippen molar-refractivity contribution >= 4 is 40.8 Å². The molecule has 3 heterocycles. The van der Waals surface area contributed by atoms with Gasteiger partial charge in [-0.3, -0.25) is 10.1 Å². The van der Waals surface area contributed by atoms with Crippen molar-refractivity contribution < 1.29 is 18.5 Å². The molecule has 0 spiro atoms. The Hall–Kier alpha value is -3.95. The quantitative estimate of drug-likeness (QED) is 0.467. The number of aromatic amines is 1. The molecule has 0 saturated carbocycles. The van der Waals surface area contributed by atoms with Crippen molar-refractivity contribution in [1.29, 1.82) is 0 Å². The molecule has 1 aliphatic rings. The highest BCUT2D eigenvalue weighted by Crippen LogP contribution is 2.36. The molecule has 3 aromatic rings. The fraction of sp³-hybridized carbons (Fsp3) is 0.238. The van der Waals surface area contributed by atoms with Gasteiger partial charge in [-0.05, 0) is 25.1 Å². The summed E-state index contributed by atoms with van der Waals surface area (Å²) in [5.74, 6) is -0.936. The molecular weight excluding hydrogens is 403 g/mol. The number of carbonyl (C=O) groups excluding carboxylic acids is 2. The standard InChI is InChI=1S/C21H21FN6O3/c1-10-14(24-9-23-10)6-12-11-5-13(22)16(7-15(11)25-19(12)29)26-20(30)27-18-8-17(28-31-18)21(2,3)4/h5-9H,1-4H3,(H,23,24)(H,25,29)(H2,26,27,30). The third-order valence-corrected chi connectivity index (χ3v) is 4.80. The summed E-state index contributed by atoms with van der Waals surface area (Å²) in [5, 5.41) is 11.5. The average Bonchev–Trinajstić information content (AvgIpc) is 3.37. The van der Waals surface area contributed by atoms with Crippen LogP contribution < -0.4 is 16.0 Å². The SMILES string of the molecule is Cc1[nH]cnc1C=C1C(=O)Nc2cc(NC(=O)Nc3cc(C(C)(C)C)no3)c(F)cc21. The third kappa shape index (κ3) is 4.04. The fourth-order valence-corrected chi connectivity index (χ4v) is 3.06. The van der Waals surface area contributed by atoms with E-state index in [-0.39, 0.29) is 28.5 Å². The molecule has 0 atom stereocenters.